The number of hydrogen-bond donors (Lipinski definition) is 0. The summed E-state index contributed by atoms with van der Waals surface area (Å²) in [5.41, 5.74) is 2.31. The number of aromatic nitrogens is 3. The Hall–Kier alpha value is -1.33. The van der Waals surface area contributed by atoms with E-state index in [-0.39, 0.29) is 11.6 Å². The molecule has 0 saturated carbocycles. The van der Waals surface area contributed by atoms with Crippen molar-refractivity contribution in [2.45, 2.75) is 76.6 Å². The number of hydrogen-bond acceptors (Lipinski definition) is 7. The molecule has 3 aliphatic heterocycles. The molecule has 2 aromatic heterocycles. The molecule has 0 amide bonds. The highest BCUT2D eigenvalue weighted by Gasteiger charge is 2.44. The Bertz CT molecular complexity index is 1090. The maximum atomic E-state index is 11.8. The third-order valence-corrected chi connectivity index (χ3v) is 10.3. The Morgan fingerprint density at radius 3 is 2.76 bits per heavy atom. The predicted octanol–water partition coefficient (Wildman–Crippen LogP) is 2.95. The van der Waals surface area contributed by atoms with Crippen molar-refractivity contribution in [2.24, 2.45) is 0 Å². The fourth-order valence-corrected chi connectivity index (χ4v) is 7.77. The van der Waals surface area contributed by atoms with Crippen molar-refractivity contribution in [3.63, 3.8) is 0 Å². The maximum absolute atomic E-state index is 11.8. The van der Waals surface area contributed by atoms with E-state index in [1.54, 1.807) is 4.31 Å². The van der Waals surface area contributed by atoms with E-state index in [0.29, 0.717) is 19.1 Å². The summed E-state index contributed by atoms with van der Waals surface area (Å²) in [7, 11) is -3.11. The SMILES string of the molecule is CCc1cc2c(s1)CCO[C@@]21CCN(Cc2cn(C3CCN(S(C)(=O)=O)CC3)nn2)[C@@H](C)C1. The Labute approximate surface area is 201 Å². The zero-order valence-electron chi connectivity index (χ0n) is 19.9. The molecule has 2 fully saturated rings. The van der Waals surface area contributed by atoms with Crippen molar-refractivity contribution in [2.75, 3.05) is 32.5 Å². The molecule has 182 valence electrons. The van der Waals surface area contributed by atoms with E-state index in [9.17, 15) is 8.42 Å². The van der Waals surface area contributed by atoms with Gasteiger partial charge in [0.2, 0.25) is 10.0 Å². The van der Waals surface area contributed by atoms with Crippen LogP contribution < -0.4 is 0 Å². The molecule has 10 heteroatoms. The first-order valence-corrected chi connectivity index (χ1v) is 14.8. The van der Waals surface area contributed by atoms with Crippen LogP contribution in [0.1, 0.15) is 66.6 Å². The van der Waals surface area contributed by atoms with Crippen molar-refractivity contribution in [3.8, 4) is 0 Å². The first-order valence-electron chi connectivity index (χ1n) is 12.1. The zero-order chi connectivity index (χ0) is 23.2. The second kappa shape index (κ2) is 9.03. The van der Waals surface area contributed by atoms with Crippen LogP contribution in [-0.2, 0) is 39.7 Å². The van der Waals surface area contributed by atoms with Gasteiger partial charge in [-0.2, -0.15) is 0 Å². The molecule has 0 unspecified atom stereocenters. The third-order valence-electron chi connectivity index (χ3n) is 7.65. The lowest BCUT2D eigenvalue weighted by atomic mass is 9.79. The van der Waals surface area contributed by atoms with Crippen LogP contribution >= 0.6 is 11.3 Å². The maximum Gasteiger partial charge on any atom is 0.211 e. The second-order valence-corrected chi connectivity index (χ2v) is 13.1. The third kappa shape index (κ3) is 4.65. The highest BCUT2D eigenvalue weighted by molar-refractivity contribution is 7.88. The van der Waals surface area contributed by atoms with Crippen molar-refractivity contribution in [1.29, 1.82) is 0 Å². The van der Waals surface area contributed by atoms with E-state index in [1.165, 1.54) is 21.6 Å². The fourth-order valence-electron chi connectivity index (χ4n) is 5.72. The number of ether oxygens (including phenoxy) is 1. The molecule has 0 aliphatic carbocycles. The molecule has 3 aliphatic rings. The van der Waals surface area contributed by atoms with Crippen LogP contribution in [0, 0.1) is 0 Å². The van der Waals surface area contributed by atoms with Gasteiger partial charge in [-0.05, 0) is 50.7 Å². The van der Waals surface area contributed by atoms with Crippen LogP contribution in [0.15, 0.2) is 12.3 Å². The number of rotatable bonds is 5. The van der Waals surface area contributed by atoms with Crippen LogP contribution in [0.4, 0.5) is 0 Å². The first-order chi connectivity index (χ1) is 15.8. The number of nitrogens with zero attached hydrogens (tertiary/aromatic N) is 5. The lowest BCUT2D eigenvalue weighted by Gasteiger charge is -2.47. The molecular weight excluding hydrogens is 458 g/mol. The minimum absolute atomic E-state index is 0.126. The van der Waals surface area contributed by atoms with Gasteiger partial charge in [0, 0.05) is 48.4 Å². The summed E-state index contributed by atoms with van der Waals surface area (Å²) in [5, 5.41) is 8.84. The van der Waals surface area contributed by atoms with Crippen molar-refractivity contribution >= 4 is 21.4 Å². The molecule has 1 spiro atoms. The normalized spacial score (nSPS) is 27.8. The largest absolute Gasteiger partial charge is 0.370 e. The van der Waals surface area contributed by atoms with E-state index in [2.05, 4.69) is 41.3 Å². The van der Waals surface area contributed by atoms with Gasteiger partial charge in [-0.15, -0.1) is 16.4 Å². The first kappa shape index (κ1) is 23.4. The van der Waals surface area contributed by atoms with Gasteiger partial charge >= 0.3 is 0 Å². The number of likely N-dealkylation sites (tertiary alicyclic amines) is 1. The Balaban J connectivity index is 1.22. The molecule has 2 saturated heterocycles. The smallest absolute Gasteiger partial charge is 0.211 e. The Morgan fingerprint density at radius 2 is 2.06 bits per heavy atom. The molecule has 2 aromatic rings. The van der Waals surface area contributed by atoms with Crippen LogP contribution in [0.2, 0.25) is 0 Å². The molecular formula is C23H35N5O3S2. The highest BCUT2D eigenvalue weighted by atomic mass is 32.2. The lowest BCUT2D eigenvalue weighted by molar-refractivity contribution is -0.112. The average Bonchev–Trinajstić information content (AvgIpc) is 3.43. The van der Waals surface area contributed by atoms with Gasteiger partial charge < -0.3 is 4.74 Å². The predicted molar refractivity (Wildman–Crippen MR) is 129 cm³/mol. The quantitative estimate of drug-likeness (QED) is 0.637. The van der Waals surface area contributed by atoms with Gasteiger partial charge in [-0.1, -0.05) is 12.1 Å². The second-order valence-electron chi connectivity index (χ2n) is 9.85. The number of sulfonamides is 1. The van der Waals surface area contributed by atoms with Gasteiger partial charge in [-0.3, -0.25) is 4.90 Å². The van der Waals surface area contributed by atoms with Gasteiger partial charge in [0.05, 0.1) is 36.4 Å². The van der Waals surface area contributed by atoms with Crippen molar-refractivity contribution < 1.29 is 13.2 Å². The standard InChI is InChI=1S/C23H35N5O3S2/c1-4-20-13-21-22(32-20)7-12-31-23(21)8-11-26(17(2)14-23)15-18-16-28(25-24-18)19-5-9-27(10-6-19)33(3,29)30/h13,16-17,19H,4-12,14-15H2,1-3H3/t17-,23+/m0/s1. The fraction of sp³-hybridized carbons (Fsp3) is 0.739. The number of fused-ring (bicyclic) bond motifs is 2. The summed E-state index contributed by atoms with van der Waals surface area (Å²) in [6.07, 6.45) is 9.06. The Morgan fingerprint density at radius 1 is 1.27 bits per heavy atom. The Kier molecular flexibility index (Phi) is 6.41. The molecule has 0 aromatic carbocycles. The zero-order valence-corrected chi connectivity index (χ0v) is 21.5. The molecule has 2 atom stereocenters. The number of piperidine rings is 2. The van der Waals surface area contributed by atoms with Crippen LogP contribution in [0.5, 0.6) is 0 Å². The van der Waals surface area contributed by atoms with E-state index in [1.807, 2.05) is 16.0 Å². The molecule has 8 nitrogen and oxygen atoms in total. The molecule has 0 bridgehead atoms. The number of thiophene rings is 1. The average molecular weight is 494 g/mol. The van der Waals surface area contributed by atoms with E-state index in [4.69, 9.17) is 4.74 Å². The van der Waals surface area contributed by atoms with E-state index >= 15 is 0 Å². The summed E-state index contributed by atoms with van der Waals surface area (Å²) in [6.45, 7) is 8.24. The molecule has 33 heavy (non-hydrogen) atoms. The summed E-state index contributed by atoms with van der Waals surface area (Å²) in [5.74, 6) is 0. The van der Waals surface area contributed by atoms with Gasteiger partial charge in [0.15, 0.2) is 0 Å². The van der Waals surface area contributed by atoms with E-state index in [0.717, 1.165) is 63.9 Å². The number of aryl methyl sites for hydroxylation is 1. The topological polar surface area (TPSA) is 80.6 Å². The van der Waals surface area contributed by atoms with Crippen LogP contribution in [-0.4, -0.2) is 71.2 Å². The minimum Gasteiger partial charge on any atom is -0.370 e. The molecule has 0 N–H and O–H groups in total. The summed E-state index contributed by atoms with van der Waals surface area (Å²) >= 11 is 1.97. The molecule has 5 rings (SSSR count). The van der Waals surface area contributed by atoms with Gasteiger partial charge in [0.1, 0.15) is 0 Å². The summed E-state index contributed by atoms with van der Waals surface area (Å²) in [4.78, 5) is 5.50. The van der Waals surface area contributed by atoms with Crippen LogP contribution in [0.25, 0.3) is 0 Å². The highest BCUT2D eigenvalue weighted by Crippen LogP contribution is 2.46. The summed E-state index contributed by atoms with van der Waals surface area (Å²) < 4.78 is 33.5. The minimum atomic E-state index is -3.11. The van der Waals surface area contributed by atoms with E-state index < -0.39 is 10.0 Å². The molecule has 0 radical (unpaired) electrons. The van der Waals surface area contributed by atoms with Crippen molar-refractivity contribution in [3.05, 3.63) is 33.3 Å². The molecule has 5 heterocycles. The van der Waals surface area contributed by atoms with Crippen molar-refractivity contribution in [1.82, 2.24) is 24.2 Å². The van der Waals surface area contributed by atoms with Gasteiger partial charge in [-0.25, -0.2) is 17.4 Å². The monoisotopic (exact) mass is 493 g/mol. The lowest BCUT2D eigenvalue weighted by Crippen LogP contribution is -2.50. The van der Waals surface area contributed by atoms with Crippen LogP contribution in [0.3, 0.4) is 0 Å². The van der Waals surface area contributed by atoms with Gasteiger partial charge in [0.25, 0.3) is 0 Å². The summed E-state index contributed by atoms with van der Waals surface area (Å²) in [6, 6.07) is 3.02.